The number of hydrogen-bond acceptors (Lipinski definition) is 5. The van der Waals surface area contributed by atoms with Crippen LogP contribution in [0.25, 0.3) is 0 Å². The van der Waals surface area contributed by atoms with Gasteiger partial charge in [0.2, 0.25) is 5.91 Å². The first-order valence-corrected chi connectivity index (χ1v) is 13.5. The Labute approximate surface area is 229 Å². The van der Waals surface area contributed by atoms with Gasteiger partial charge in [-0.1, -0.05) is 66.7 Å². The van der Waals surface area contributed by atoms with Crippen molar-refractivity contribution in [3.63, 3.8) is 0 Å². The molecule has 0 bridgehead atoms. The van der Waals surface area contributed by atoms with E-state index in [1.54, 1.807) is 24.1 Å². The van der Waals surface area contributed by atoms with E-state index in [2.05, 4.69) is 0 Å². The van der Waals surface area contributed by atoms with E-state index in [0.717, 1.165) is 16.7 Å². The highest BCUT2D eigenvalue weighted by atomic mass is 16.5. The zero-order valence-electron chi connectivity index (χ0n) is 22.5. The Balaban J connectivity index is 1.38. The molecular weight excluding hydrogens is 492 g/mol. The Bertz CT molecular complexity index is 1350. The SMILES string of the molecule is CCOC(=O)[C@]1(c2ccccc2)CC[C@@H](C(=O)N2CCN(C(=O)c3ccccc3OC)CC2)c2ccccc21. The summed E-state index contributed by atoms with van der Waals surface area (Å²) >= 11 is 0. The Morgan fingerprint density at radius 1 is 0.846 bits per heavy atom. The number of ether oxygens (including phenoxy) is 2. The summed E-state index contributed by atoms with van der Waals surface area (Å²) in [6, 6.07) is 24.7. The topological polar surface area (TPSA) is 76.2 Å². The van der Waals surface area contributed by atoms with Crippen LogP contribution in [0.4, 0.5) is 0 Å². The van der Waals surface area contributed by atoms with Crippen LogP contribution in [-0.2, 0) is 19.7 Å². The normalized spacial score (nSPS) is 20.6. The predicted octanol–water partition coefficient (Wildman–Crippen LogP) is 4.41. The molecule has 0 unspecified atom stereocenters. The van der Waals surface area contributed by atoms with E-state index in [-0.39, 0.29) is 30.3 Å². The summed E-state index contributed by atoms with van der Waals surface area (Å²) in [4.78, 5) is 44.2. The lowest BCUT2D eigenvalue weighted by molar-refractivity contribution is -0.149. The first-order chi connectivity index (χ1) is 19.0. The van der Waals surface area contributed by atoms with Gasteiger partial charge in [-0.3, -0.25) is 14.4 Å². The van der Waals surface area contributed by atoms with Crippen LogP contribution in [0.1, 0.15) is 52.7 Å². The molecule has 39 heavy (non-hydrogen) atoms. The van der Waals surface area contributed by atoms with Gasteiger partial charge in [-0.2, -0.15) is 0 Å². The highest BCUT2D eigenvalue weighted by molar-refractivity contribution is 5.97. The first kappa shape index (κ1) is 26.5. The number of amides is 2. The molecule has 1 saturated heterocycles. The third-order valence-electron chi connectivity index (χ3n) is 8.01. The fourth-order valence-corrected chi connectivity index (χ4v) is 6.05. The number of piperazine rings is 1. The van der Waals surface area contributed by atoms with Gasteiger partial charge in [-0.05, 0) is 48.6 Å². The van der Waals surface area contributed by atoms with Gasteiger partial charge in [0.15, 0.2) is 0 Å². The maximum Gasteiger partial charge on any atom is 0.321 e. The molecule has 3 aromatic rings. The molecule has 0 spiro atoms. The number of para-hydroxylation sites is 1. The number of methoxy groups -OCH3 is 1. The second kappa shape index (κ2) is 11.3. The van der Waals surface area contributed by atoms with Crippen LogP contribution in [0, 0.1) is 0 Å². The van der Waals surface area contributed by atoms with Crippen molar-refractivity contribution in [2.45, 2.75) is 31.1 Å². The van der Waals surface area contributed by atoms with Crippen LogP contribution in [-0.4, -0.2) is 67.5 Å². The molecule has 7 heteroatoms. The molecule has 202 valence electrons. The van der Waals surface area contributed by atoms with E-state index < -0.39 is 5.41 Å². The quantitative estimate of drug-likeness (QED) is 0.445. The number of fused-ring (bicyclic) bond motifs is 1. The molecule has 1 heterocycles. The maximum absolute atomic E-state index is 13.9. The lowest BCUT2D eigenvalue weighted by atomic mass is 9.63. The maximum atomic E-state index is 13.9. The molecule has 0 aromatic heterocycles. The molecule has 0 radical (unpaired) electrons. The van der Waals surface area contributed by atoms with Crippen LogP contribution >= 0.6 is 0 Å². The molecular formula is C32H34N2O5. The summed E-state index contributed by atoms with van der Waals surface area (Å²) in [6.45, 7) is 3.92. The Kier molecular flexibility index (Phi) is 7.68. The number of nitrogens with zero attached hydrogens (tertiary/aromatic N) is 2. The molecule has 0 saturated carbocycles. The zero-order chi connectivity index (χ0) is 27.4. The number of rotatable bonds is 6. The highest BCUT2D eigenvalue weighted by Crippen LogP contribution is 2.48. The molecule has 5 rings (SSSR count). The Morgan fingerprint density at radius 3 is 2.21 bits per heavy atom. The summed E-state index contributed by atoms with van der Waals surface area (Å²) in [5.41, 5.74) is 2.16. The molecule has 2 aliphatic rings. The number of hydrogen-bond donors (Lipinski definition) is 0. The van der Waals surface area contributed by atoms with Crippen LogP contribution in [0.15, 0.2) is 78.9 Å². The summed E-state index contributed by atoms with van der Waals surface area (Å²) in [5, 5.41) is 0. The molecule has 2 amide bonds. The van der Waals surface area contributed by atoms with Crippen molar-refractivity contribution in [1.29, 1.82) is 0 Å². The standard InChI is InChI=1S/C32H34N2O5/c1-3-39-31(37)32(23-11-5-4-6-12-23)18-17-25(24-13-7-9-15-27(24)32)29(35)33-19-21-34(22-20-33)30(36)26-14-8-10-16-28(26)38-2/h4-16,25H,3,17-22H2,1-2H3/t25-,32+/m1/s1. The van der Waals surface area contributed by atoms with Crippen LogP contribution in [0.2, 0.25) is 0 Å². The summed E-state index contributed by atoms with van der Waals surface area (Å²) < 4.78 is 11.0. The Hall–Kier alpha value is -4.13. The largest absolute Gasteiger partial charge is 0.496 e. The van der Waals surface area contributed by atoms with Crippen LogP contribution in [0.5, 0.6) is 5.75 Å². The van der Waals surface area contributed by atoms with Crippen molar-refractivity contribution in [3.8, 4) is 5.75 Å². The second-order valence-corrected chi connectivity index (χ2v) is 9.99. The number of esters is 1. The van der Waals surface area contributed by atoms with Crippen molar-refractivity contribution in [3.05, 3.63) is 101 Å². The van der Waals surface area contributed by atoms with Crippen LogP contribution in [0.3, 0.4) is 0 Å². The molecule has 2 atom stereocenters. The molecule has 1 aliphatic heterocycles. The van der Waals surface area contributed by atoms with Crippen molar-refractivity contribution in [2.75, 3.05) is 39.9 Å². The van der Waals surface area contributed by atoms with E-state index in [1.165, 1.54) is 0 Å². The lowest BCUT2D eigenvalue weighted by Crippen LogP contribution is -2.52. The van der Waals surface area contributed by atoms with Gasteiger partial charge in [0, 0.05) is 26.2 Å². The van der Waals surface area contributed by atoms with Gasteiger partial charge in [-0.25, -0.2) is 0 Å². The van der Waals surface area contributed by atoms with E-state index in [9.17, 15) is 14.4 Å². The molecule has 7 nitrogen and oxygen atoms in total. The van der Waals surface area contributed by atoms with Crippen molar-refractivity contribution < 1.29 is 23.9 Å². The minimum absolute atomic E-state index is 0.0392. The fourth-order valence-electron chi connectivity index (χ4n) is 6.05. The van der Waals surface area contributed by atoms with Gasteiger partial charge in [0.05, 0.1) is 25.2 Å². The minimum atomic E-state index is -0.954. The van der Waals surface area contributed by atoms with Gasteiger partial charge in [0.25, 0.3) is 5.91 Å². The average Bonchev–Trinajstić information content (AvgIpc) is 3.00. The first-order valence-electron chi connectivity index (χ1n) is 13.5. The molecule has 1 aliphatic carbocycles. The summed E-state index contributed by atoms with van der Waals surface area (Å²) in [7, 11) is 1.55. The number of carbonyl (C=O) groups excluding carboxylic acids is 3. The smallest absolute Gasteiger partial charge is 0.321 e. The minimum Gasteiger partial charge on any atom is -0.496 e. The lowest BCUT2D eigenvalue weighted by Gasteiger charge is -2.42. The van der Waals surface area contributed by atoms with Crippen molar-refractivity contribution in [2.24, 2.45) is 0 Å². The average molecular weight is 527 g/mol. The van der Waals surface area contributed by atoms with E-state index >= 15 is 0 Å². The second-order valence-electron chi connectivity index (χ2n) is 9.99. The van der Waals surface area contributed by atoms with Gasteiger partial charge >= 0.3 is 5.97 Å². The van der Waals surface area contributed by atoms with E-state index in [0.29, 0.717) is 50.3 Å². The predicted molar refractivity (Wildman–Crippen MR) is 148 cm³/mol. The number of benzene rings is 3. The third-order valence-corrected chi connectivity index (χ3v) is 8.01. The third kappa shape index (κ3) is 4.78. The Morgan fingerprint density at radius 2 is 1.49 bits per heavy atom. The van der Waals surface area contributed by atoms with Gasteiger partial charge in [0.1, 0.15) is 11.2 Å². The summed E-state index contributed by atoms with van der Waals surface area (Å²) in [5.74, 6) is -0.146. The highest BCUT2D eigenvalue weighted by Gasteiger charge is 2.50. The van der Waals surface area contributed by atoms with Gasteiger partial charge in [-0.15, -0.1) is 0 Å². The van der Waals surface area contributed by atoms with E-state index in [1.807, 2.05) is 78.6 Å². The molecule has 1 fully saturated rings. The van der Waals surface area contributed by atoms with Crippen molar-refractivity contribution >= 4 is 17.8 Å². The van der Waals surface area contributed by atoms with Crippen molar-refractivity contribution in [1.82, 2.24) is 9.80 Å². The van der Waals surface area contributed by atoms with E-state index in [4.69, 9.17) is 9.47 Å². The monoisotopic (exact) mass is 526 g/mol. The fraction of sp³-hybridized carbons (Fsp3) is 0.344. The van der Waals surface area contributed by atoms with Crippen LogP contribution < -0.4 is 4.74 Å². The molecule has 3 aromatic carbocycles. The zero-order valence-corrected chi connectivity index (χ0v) is 22.5. The summed E-state index contributed by atoms with van der Waals surface area (Å²) in [6.07, 6.45) is 1.01. The molecule has 0 N–H and O–H groups in total. The number of carbonyl (C=O) groups is 3. The van der Waals surface area contributed by atoms with Gasteiger partial charge < -0.3 is 19.3 Å².